The average molecular weight is 278 g/mol. The monoisotopic (exact) mass is 278 g/mol. The molecule has 0 amide bonds. The van der Waals surface area contributed by atoms with E-state index in [1.165, 1.54) is 12.1 Å². The standard InChI is InChI=1S/C14H15FN2O3/c1-9(2)17-8-16-6-10(17)7-20-12-5-3-4-11(15)13(12)14(18)19/h3-6,8-9H,7H2,1-2H3,(H,18,19). The third kappa shape index (κ3) is 2.79. The quantitative estimate of drug-likeness (QED) is 0.913. The van der Waals surface area contributed by atoms with Crippen LogP contribution in [0, 0.1) is 5.82 Å². The predicted molar refractivity (Wildman–Crippen MR) is 70.3 cm³/mol. The highest BCUT2D eigenvalue weighted by Crippen LogP contribution is 2.23. The van der Waals surface area contributed by atoms with Gasteiger partial charge in [0, 0.05) is 6.04 Å². The highest BCUT2D eigenvalue weighted by molar-refractivity contribution is 5.91. The van der Waals surface area contributed by atoms with Gasteiger partial charge < -0.3 is 14.4 Å². The molecule has 0 aliphatic rings. The van der Waals surface area contributed by atoms with Crippen molar-refractivity contribution in [2.75, 3.05) is 0 Å². The predicted octanol–water partition coefficient (Wildman–Crippen LogP) is 2.88. The first kappa shape index (κ1) is 14.0. The van der Waals surface area contributed by atoms with Crippen LogP contribution in [0.4, 0.5) is 4.39 Å². The minimum absolute atomic E-state index is 0.00834. The third-order valence-corrected chi connectivity index (χ3v) is 2.87. The van der Waals surface area contributed by atoms with Gasteiger partial charge in [0.1, 0.15) is 23.7 Å². The van der Waals surface area contributed by atoms with Crippen LogP contribution in [0.1, 0.15) is 35.9 Å². The zero-order valence-electron chi connectivity index (χ0n) is 11.2. The second-order valence-electron chi connectivity index (χ2n) is 4.59. The first-order valence-corrected chi connectivity index (χ1v) is 6.16. The summed E-state index contributed by atoms with van der Waals surface area (Å²) in [7, 11) is 0. The summed E-state index contributed by atoms with van der Waals surface area (Å²) in [6, 6.07) is 4.15. The molecule has 1 aromatic carbocycles. The van der Waals surface area contributed by atoms with E-state index in [1.54, 1.807) is 12.5 Å². The molecule has 1 aromatic heterocycles. The second-order valence-corrected chi connectivity index (χ2v) is 4.59. The molecule has 0 saturated carbocycles. The summed E-state index contributed by atoms with van der Waals surface area (Å²) in [5.41, 5.74) is 0.337. The Kier molecular flexibility index (Phi) is 4.02. The fourth-order valence-electron chi connectivity index (χ4n) is 1.89. The van der Waals surface area contributed by atoms with Crippen molar-refractivity contribution in [2.45, 2.75) is 26.5 Å². The van der Waals surface area contributed by atoms with Crippen LogP contribution >= 0.6 is 0 Å². The van der Waals surface area contributed by atoms with Crippen LogP contribution in [0.15, 0.2) is 30.7 Å². The molecule has 20 heavy (non-hydrogen) atoms. The molecule has 0 bridgehead atoms. The van der Waals surface area contributed by atoms with Gasteiger partial charge in [-0.15, -0.1) is 0 Å². The van der Waals surface area contributed by atoms with Crippen molar-refractivity contribution in [2.24, 2.45) is 0 Å². The van der Waals surface area contributed by atoms with Crippen LogP contribution < -0.4 is 4.74 Å². The van der Waals surface area contributed by atoms with E-state index in [2.05, 4.69) is 4.98 Å². The molecule has 106 valence electrons. The number of hydrogen-bond donors (Lipinski definition) is 1. The van der Waals surface area contributed by atoms with Gasteiger partial charge in [0.05, 0.1) is 18.2 Å². The lowest BCUT2D eigenvalue weighted by molar-refractivity contribution is 0.0686. The van der Waals surface area contributed by atoms with Crippen LogP contribution in [0.25, 0.3) is 0 Å². The molecule has 0 atom stereocenters. The van der Waals surface area contributed by atoms with E-state index < -0.39 is 17.3 Å². The number of ether oxygens (including phenoxy) is 1. The van der Waals surface area contributed by atoms with Crippen molar-refractivity contribution in [1.29, 1.82) is 0 Å². The lowest BCUT2D eigenvalue weighted by Crippen LogP contribution is -2.10. The van der Waals surface area contributed by atoms with Crippen molar-refractivity contribution < 1.29 is 19.0 Å². The van der Waals surface area contributed by atoms with Crippen LogP contribution in [-0.4, -0.2) is 20.6 Å². The number of benzene rings is 1. The largest absolute Gasteiger partial charge is 0.486 e. The third-order valence-electron chi connectivity index (χ3n) is 2.87. The summed E-state index contributed by atoms with van der Waals surface area (Å²) in [6.45, 7) is 4.12. The SMILES string of the molecule is CC(C)n1cncc1COc1cccc(F)c1C(=O)O. The van der Waals surface area contributed by atoms with Crippen LogP contribution in [-0.2, 0) is 6.61 Å². The number of nitrogens with zero attached hydrogens (tertiary/aromatic N) is 2. The topological polar surface area (TPSA) is 64.4 Å². The number of aromatic carboxylic acids is 1. The second kappa shape index (κ2) is 5.73. The smallest absolute Gasteiger partial charge is 0.342 e. The molecule has 0 spiro atoms. The Morgan fingerprint density at radius 1 is 1.50 bits per heavy atom. The molecule has 0 unspecified atom stereocenters. The van der Waals surface area contributed by atoms with Crippen molar-refractivity contribution in [3.05, 3.63) is 47.8 Å². The molecule has 5 nitrogen and oxygen atoms in total. The van der Waals surface area contributed by atoms with Crippen molar-refractivity contribution in [3.63, 3.8) is 0 Å². The first-order valence-electron chi connectivity index (χ1n) is 6.16. The Balaban J connectivity index is 2.21. The zero-order valence-corrected chi connectivity index (χ0v) is 11.2. The molecule has 1 heterocycles. The Labute approximate surface area is 115 Å². The molecular weight excluding hydrogens is 263 g/mol. The molecule has 1 N–H and O–H groups in total. The summed E-state index contributed by atoms with van der Waals surface area (Å²) >= 11 is 0. The number of carboxylic acids is 1. The lowest BCUT2D eigenvalue weighted by atomic mass is 10.2. The highest BCUT2D eigenvalue weighted by Gasteiger charge is 2.17. The van der Waals surface area contributed by atoms with Gasteiger partial charge in [0.15, 0.2) is 0 Å². The van der Waals surface area contributed by atoms with Gasteiger partial charge in [-0.05, 0) is 26.0 Å². The fraction of sp³-hybridized carbons (Fsp3) is 0.286. The molecule has 0 saturated heterocycles. The summed E-state index contributed by atoms with van der Waals surface area (Å²) in [5.74, 6) is -2.16. The summed E-state index contributed by atoms with van der Waals surface area (Å²) in [6.07, 6.45) is 3.31. The molecule has 6 heteroatoms. The molecule has 0 aliphatic carbocycles. The van der Waals surface area contributed by atoms with Gasteiger partial charge in [0.2, 0.25) is 0 Å². The number of rotatable bonds is 5. The van der Waals surface area contributed by atoms with Crippen LogP contribution in [0.2, 0.25) is 0 Å². The van der Waals surface area contributed by atoms with Gasteiger partial charge in [-0.25, -0.2) is 14.2 Å². The normalized spacial score (nSPS) is 10.8. The number of carboxylic acid groups (broad SMARTS) is 1. The van der Waals surface area contributed by atoms with E-state index in [1.807, 2.05) is 18.4 Å². The van der Waals surface area contributed by atoms with Crippen LogP contribution in [0.3, 0.4) is 0 Å². The van der Waals surface area contributed by atoms with Gasteiger partial charge in [-0.2, -0.15) is 0 Å². The van der Waals surface area contributed by atoms with Crippen molar-refractivity contribution in [3.8, 4) is 5.75 Å². The maximum atomic E-state index is 13.5. The van der Waals surface area contributed by atoms with E-state index in [4.69, 9.17) is 9.84 Å². The van der Waals surface area contributed by atoms with E-state index in [-0.39, 0.29) is 18.4 Å². The molecule has 2 rings (SSSR count). The number of imidazole rings is 1. The number of halogens is 1. The van der Waals surface area contributed by atoms with E-state index in [0.717, 1.165) is 11.8 Å². The summed E-state index contributed by atoms with van der Waals surface area (Å²) in [4.78, 5) is 15.1. The Hall–Kier alpha value is -2.37. The number of hydrogen-bond acceptors (Lipinski definition) is 3. The number of aromatic nitrogens is 2. The number of carbonyl (C=O) groups is 1. The van der Waals surface area contributed by atoms with E-state index in [9.17, 15) is 9.18 Å². The summed E-state index contributed by atoms with van der Waals surface area (Å²) in [5, 5.41) is 9.01. The molecule has 2 aromatic rings. The van der Waals surface area contributed by atoms with Crippen molar-refractivity contribution in [1.82, 2.24) is 9.55 Å². The van der Waals surface area contributed by atoms with Crippen molar-refractivity contribution >= 4 is 5.97 Å². The average Bonchev–Trinajstić information content (AvgIpc) is 2.84. The van der Waals surface area contributed by atoms with Gasteiger partial charge in [-0.3, -0.25) is 0 Å². The van der Waals surface area contributed by atoms with Crippen LogP contribution in [0.5, 0.6) is 5.75 Å². The van der Waals surface area contributed by atoms with Gasteiger partial charge in [0.25, 0.3) is 0 Å². The Morgan fingerprint density at radius 2 is 2.25 bits per heavy atom. The minimum atomic E-state index is -1.35. The molecule has 0 aliphatic heterocycles. The molecule has 0 fully saturated rings. The zero-order chi connectivity index (χ0) is 14.7. The maximum Gasteiger partial charge on any atom is 0.342 e. The Bertz CT molecular complexity index is 623. The van der Waals surface area contributed by atoms with Gasteiger partial charge in [-0.1, -0.05) is 6.07 Å². The van der Waals surface area contributed by atoms with E-state index >= 15 is 0 Å². The Morgan fingerprint density at radius 3 is 2.90 bits per heavy atom. The van der Waals surface area contributed by atoms with E-state index in [0.29, 0.717) is 0 Å². The minimum Gasteiger partial charge on any atom is -0.486 e. The lowest BCUT2D eigenvalue weighted by Gasteiger charge is -2.13. The fourth-order valence-corrected chi connectivity index (χ4v) is 1.89. The maximum absolute atomic E-state index is 13.5. The van der Waals surface area contributed by atoms with Gasteiger partial charge >= 0.3 is 5.97 Å². The molecular formula is C14H15FN2O3. The first-order chi connectivity index (χ1) is 9.50. The highest BCUT2D eigenvalue weighted by atomic mass is 19.1. The summed E-state index contributed by atoms with van der Waals surface area (Å²) < 4.78 is 20.8. The molecule has 0 radical (unpaired) electrons.